The topological polar surface area (TPSA) is 40.5 Å². The van der Waals surface area contributed by atoms with E-state index in [1.807, 2.05) is 0 Å². The first-order valence-corrected chi connectivity index (χ1v) is 4.17. The normalized spacial score (nSPS) is 10.8. The van der Waals surface area contributed by atoms with Gasteiger partial charge in [-0.25, -0.2) is 0 Å². The summed E-state index contributed by atoms with van der Waals surface area (Å²) in [6.07, 6.45) is 3.38. The Balaban J connectivity index is 3.04. The van der Waals surface area contributed by atoms with Gasteiger partial charge in [0.05, 0.1) is 5.56 Å². The molecule has 0 saturated carbocycles. The van der Waals surface area contributed by atoms with Crippen molar-refractivity contribution in [1.29, 1.82) is 0 Å². The van der Waals surface area contributed by atoms with Crippen LogP contribution in [0.3, 0.4) is 0 Å². The summed E-state index contributed by atoms with van der Waals surface area (Å²) in [5.41, 5.74) is 0.437. The lowest BCUT2D eigenvalue weighted by Gasteiger charge is -2.00. The number of hydrogen-bond acceptors (Lipinski definition) is 3. The SMILES string of the molecule is Oc1cccc(O)c1C=CCS. The van der Waals surface area contributed by atoms with Crippen molar-refractivity contribution in [3.05, 3.63) is 29.8 Å². The molecule has 0 spiro atoms. The lowest BCUT2D eigenvalue weighted by molar-refractivity contribution is 0.448. The lowest BCUT2D eigenvalue weighted by atomic mass is 10.1. The van der Waals surface area contributed by atoms with E-state index in [1.165, 1.54) is 12.1 Å². The van der Waals surface area contributed by atoms with E-state index in [0.29, 0.717) is 11.3 Å². The molecule has 0 atom stereocenters. The summed E-state index contributed by atoms with van der Waals surface area (Å²) in [6, 6.07) is 4.64. The molecule has 0 aromatic heterocycles. The molecule has 0 aliphatic heterocycles. The fourth-order valence-electron chi connectivity index (χ4n) is 0.882. The Morgan fingerprint density at radius 3 is 2.33 bits per heavy atom. The molecule has 2 nitrogen and oxygen atoms in total. The van der Waals surface area contributed by atoms with Crippen molar-refractivity contribution in [2.24, 2.45) is 0 Å². The Bertz CT molecular complexity index is 274. The van der Waals surface area contributed by atoms with Crippen molar-refractivity contribution in [2.75, 3.05) is 5.75 Å². The molecule has 2 N–H and O–H groups in total. The maximum absolute atomic E-state index is 9.28. The van der Waals surface area contributed by atoms with E-state index in [-0.39, 0.29) is 11.5 Å². The van der Waals surface area contributed by atoms with Crippen LogP contribution in [0.4, 0.5) is 0 Å². The first-order chi connectivity index (χ1) is 5.75. The highest BCUT2D eigenvalue weighted by molar-refractivity contribution is 7.80. The molecule has 0 fully saturated rings. The second-order valence-corrected chi connectivity index (χ2v) is 2.66. The van der Waals surface area contributed by atoms with E-state index < -0.39 is 0 Å². The summed E-state index contributed by atoms with van der Waals surface area (Å²) < 4.78 is 0. The highest BCUT2D eigenvalue weighted by Crippen LogP contribution is 2.27. The zero-order chi connectivity index (χ0) is 8.97. The van der Waals surface area contributed by atoms with Crippen molar-refractivity contribution in [2.45, 2.75) is 0 Å². The molecule has 0 heterocycles. The summed E-state index contributed by atoms with van der Waals surface area (Å²) in [4.78, 5) is 0. The Hall–Kier alpha value is -1.09. The Morgan fingerprint density at radius 2 is 1.83 bits per heavy atom. The molecule has 1 rings (SSSR count). The molecule has 12 heavy (non-hydrogen) atoms. The standard InChI is InChI=1S/C9H10O2S/c10-8-4-1-5-9(11)7(8)3-2-6-12/h1-5,10-12H,6H2. The summed E-state index contributed by atoms with van der Waals surface area (Å²) >= 11 is 3.97. The van der Waals surface area contributed by atoms with Gasteiger partial charge in [-0.2, -0.15) is 12.6 Å². The maximum Gasteiger partial charge on any atom is 0.126 e. The largest absolute Gasteiger partial charge is 0.507 e. The highest BCUT2D eigenvalue weighted by Gasteiger charge is 2.00. The number of phenols is 2. The Labute approximate surface area is 76.6 Å². The number of phenolic OH excluding ortho intramolecular Hbond substituents is 2. The van der Waals surface area contributed by atoms with Gasteiger partial charge in [0, 0.05) is 5.75 Å². The maximum atomic E-state index is 9.28. The van der Waals surface area contributed by atoms with Crippen LogP contribution >= 0.6 is 12.6 Å². The predicted molar refractivity (Wildman–Crippen MR) is 52.7 cm³/mol. The molecule has 64 valence electrons. The van der Waals surface area contributed by atoms with Gasteiger partial charge in [0.25, 0.3) is 0 Å². The summed E-state index contributed by atoms with van der Waals surface area (Å²) in [6.45, 7) is 0. The van der Waals surface area contributed by atoms with E-state index in [0.717, 1.165) is 0 Å². The van der Waals surface area contributed by atoms with Gasteiger partial charge in [0.1, 0.15) is 11.5 Å². The second kappa shape index (κ2) is 4.07. The zero-order valence-electron chi connectivity index (χ0n) is 6.44. The van der Waals surface area contributed by atoms with Crippen LogP contribution in [0.15, 0.2) is 24.3 Å². The van der Waals surface area contributed by atoms with Crippen LogP contribution in [0.2, 0.25) is 0 Å². The van der Waals surface area contributed by atoms with Crippen LogP contribution in [-0.4, -0.2) is 16.0 Å². The van der Waals surface area contributed by atoms with Crippen molar-refractivity contribution < 1.29 is 10.2 Å². The average molecular weight is 182 g/mol. The lowest BCUT2D eigenvalue weighted by Crippen LogP contribution is -1.76. The van der Waals surface area contributed by atoms with E-state index in [4.69, 9.17) is 0 Å². The fraction of sp³-hybridized carbons (Fsp3) is 0.111. The van der Waals surface area contributed by atoms with Gasteiger partial charge >= 0.3 is 0 Å². The highest BCUT2D eigenvalue weighted by atomic mass is 32.1. The minimum Gasteiger partial charge on any atom is -0.507 e. The first kappa shape index (κ1) is 9.00. The molecule has 0 saturated heterocycles. The molecule has 0 bridgehead atoms. The predicted octanol–water partition coefficient (Wildman–Crippen LogP) is 2.04. The minimum atomic E-state index is 0.0769. The smallest absolute Gasteiger partial charge is 0.126 e. The van der Waals surface area contributed by atoms with Crippen molar-refractivity contribution in [1.82, 2.24) is 0 Å². The number of benzene rings is 1. The van der Waals surface area contributed by atoms with E-state index in [2.05, 4.69) is 12.6 Å². The van der Waals surface area contributed by atoms with Crippen molar-refractivity contribution >= 4 is 18.7 Å². The van der Waals surface area contributed by atoms with Crippen molar-refractivity contribution in [3.8, 4) is 11.5 Å². The van der Waals surface area contributed by atoms with Gasteiger partial charge in [0.15, 0.2) is 0 Å². The fourth-order valence-corrected chi connectivity index (χ4v) is 0.988. The van der Waals surface area contributed by atoms with Gasteiger partial charge in [0.2, 0.25) is 0 Å². The molecule has 0 aliphatic carbocycles. The number of thiol groups is 1. The van der Waals surface area contributed by atoms with Gasteiger partial charge in [-0.15, -0.1) is 0 Å². The molecule has 0 unspecified atom stereocenters. The van der Waals surface area contributed by atoms with Gasteiger partial charge in [-0.05, 0) is 12.1 Å². The molecule has 0 aliphatic rings. The Kier molecular flexibility index (Phi) is 3.05. The van der Waals surface area contributed by atoms with Crippen molar-refractivity contribution in [3.63, 3.8) is 0 Å². The molecular formula is C9H10O2S. The van der Waals surface area contributed by atoms with Crippen LogP contribution in [0.1, 0.15) is 5.56 Å². The van der Waals surface area contributed by atoms with E-state index >= 15 is 0 Å². The average Bonchev–Trinajstić information content (AvgIpc) is 2.04. The van der Waals surface area contributed by atoms with Crippen LogP contribution in [0.5, 0.6) is 11.5 Å². The monoisotopic (exact) mass is 182 g/mol. The molecule has 0 radical (unpaired) electrons. The molecule has 0 amide bonds. The van der Waals surface area contributed by atoms with E-state index in [9.17, 15) is 10.2 Å². The van der Waals surface area contributed by atoms with Gasteiger partial charge < -0.3 is 10.2 Å². The van der Waals surface area contributed by atoms with Gasteiger partial charge in [-0.3, -0.25) is 0 Å². The zero-order valence-corrected chi connectivity index (χ0v) is 7.33. The minimum absolute atomic E-state index is 0.0769. The number of aromatic hydroxyl groups is 2. The van der Waals surface area contributed by atoms with Crippen LogP contribution in [0.25, 0.3) is 6.08 Å². The molecule has 1 aromatic rings. The third-order valence-corrected chi connectivity index (χ3v) is 1.66. The third-order valence-electron chi connectivity index (χ3n) is 1.45. The summed E-state index contributed by atoms with van der Waals surface area (Å²) in [5.74, 6) is 0.731. The quantitative estimate of drug-likeness (QED) is 0.612. The summed E-state index contributed by atoms with van der Waals surface area (Å²) in [7, 11) is 0. The van der Waals surface area contributed by atoms with E-state index in [1.54, 1.807) is 18.2 Å². The van der Waals surface area contributed by atoms with Crippen LogP contribution in [-0.2, 0) is 0 Å². The second-order valence-electron chi connectivity index (χ2n) is 2.29. The first-order valence-electron chi connectivity index (χ1n) is 3.54. The number of rotatable bonds is 2. The van der Waals surface area contributed by atoms with Crippen LogP contribution < -0.4 is 0 Å². The third kappa shape index (κ3) is 1.95. The van der Waals surface area contributed by atoms with Crippen LogP contribution in [0, 0.1) is 0 Å². The molecule has 3 heteroatoms. The molecule has 1 aromatic carbocycles. The summed E-state index contributed by atoms with van der Waals surface area (Å²) in [5, 5.41) is 18.6. The van der Waals surface area contributed by atoms with Gasteiger partial charge in [-0.1, -0.05) is 18.2 Å². The number of hydrogen-bond donors (Lipinski definition) is 3. The molecular weight excluding hydrogens is 172 g/mol. The Morgan fingerprint density at radius 1 is 1.25 bits per heavy atom.